The molecule has 3 rings (SSSR count). The monoisotopic (exact) mass is 282 g/mol. The third-order valence-corrected chi connectivity index (χ3v) is 4.23. The Hall–Kier alpha value is -2.13. The van der Waals surface area contributed by atoms with Gasteiger partial charge in [-0.2, -0.15) is 0 Å². The fourth-order valence-corrected chi connectivity index (χ4v) is 3.04. The maximum absolute atomic E-state index is 11.2. The average Bonchev–Trinajstić information content (AvgIpc) is 2.89. The molecule has 2 aromatic carbocycles. The number of ketones is 1. The van der Waals surface area contributed by atoms with Crippen molar-refractivity contribution < 1.29 is 9.53 Å². The van der Waals surface area contributed by atoms with Crippen LogP contribution < -0.4 is 4.74 Å². The molecule has 20 heavy (non-hydrogen) atoms. The van der Waals surface area contributed by atoms with Crippen molar-refractivity contribution in [2.24, 2.45) is 0 Å². The summed E-state index contributed by atoms with van der Waals surface area (Å²) < 4.78 is 7.06. The second-order valence-corrected chi connectivity index (χ2v) is 5.54. The van der Waals surface area contributed by atoms with Crippen LogP contribution >= 0.6 is 11.3 Å². The van der Waals surface area contributed by atoms with E-state index >= 15 is 0 Å². The highest BCUT2D eigenvalue weighted by atomic mass is 32.1. The van der Waals surface area contributed by atoms with E-state index in [0.717, 1.165) is 5.75 Å². The lowest BCUT2D eigenvalue weighted by molar-refractivity contribution is 0.101. The molecule has 3 heteroatoms. The molecule has 1 heterocycles. The number of ether oxygens (including phenoxy) is 1. The van der Waals surface area contributed by atoms with Crippen LogP contribution in [-0.4, -0.2) is 5.78 Å². The van der Waals surface area contributed by atoms with E-state index in [2.05, 4.69) is 17.5 Å². The Labute approximate surface area is 121 Å². The average molecular weight is 282 g/mol. The van der Waals surface area contributed by atoms with Gasteiger partial charge in [-0.15, -0.1) is 11.3 Å². The minimum atomic E-state index is 0.0698. The SMILES string of the molecule is CC(=O)c1ccc(OCc2csc3ccccc23)cc1. The summed E-state index contributed by atoms with van der Waals surface area (Å²) in [6.07, 6.45) is 0. The van der Waals surface area contributed by atoms with E-state index in [1.807, 2.05) is 24.3 Å². The Kier molecular flexibility index (Phi) is 3.52. The van der Waals surface area contributed by atoms with Crippen LogP contribution in [0.2, 0.25) is 0 Å². The fourth-order valence-electron chi connectivity index (χ4n) is 2.09. The summed E-state index contributed by atoms with van der Waals surface area (Å²) in [5.41, 5.74) is 1.90. The van der Waals surface area contributed by atoms with Gasteiger partial charge in [0.05, 0.1) is 0 Å². The lowest BCUT2D eigenvalue weighted by atomic mass is 10.1. The molecular formula is C17H14O2S. The van der Waals surface area contributed by atoms with Gasteiger partial charge in [-0.05, 0) is 48.0 Å². The van der Waals surface area contributed by atoms with Crippen LogP contribution in [0, 0.1) is 0 Å². The van der Waals surface area contributed by atoms with E-state index in [4.69, 9.17) is 4.74 Å². The number of carbonyl (C=O) groups excluding carboxylic acids is 1. The first-order chi connectivity index (χ1) is 9.74. The first kappa shape index (κ1) is 12.9. The van der Waals surface area contributed by atoms with E-state index < -0.39 is 0 Å². The highest BCUT2D eigenvalue weighted by Crippen LogP contribution is 2.26. The van der Waals surface area contributed by atoms with Crippen molar-refractivity contribution >= 4 is 27.2 Å². The van der Waals surface area contributed by atoms with Gasteiger partial charge >= 0.3 is 0 Å². The van der Waals surface area contributed by atoms with E-state index in [9.17, 15) is 4.79 Å². The molecule has 0 bridgehead atoms. The van der Waals surface area contributed by atoms with Crippen molar-refractivity contribution in [2.75, 3.05) is 0 Å². The molecule has 0 aliphatic rings. The quantitative estimate of drug-likeness (QED) is 0.649. The number of hydrogen-bond donors (Lipinski definition) is 0. The summed E-state index contributed by atoms with van der Waals surface area (Å²) >= 11 is 1.73. The molecule has 0 amide bonds. The molecule has 0 radical (unpaired) electrons. The summed E-state index contributed by atoms with van der Waals surface area (Å²) in [4.78, 5) is 11.2. The van der Waals surface area contributed by atoms with Crippen LogP contribution in [0.1, 0.15) is 22.8 Å². The molecular weight excluding hydrogens is 268 g/mol. The molecule has 0 N–H and O–H groups in total. The topological polar surface area (TPSA) is 26.3 Å². The Morgan fingerprint density at radius 2 is 1.85 bits per heavy atom. The van der Waals surface area contributed by atoms with Crippen LogP contribution in [0.4, 0.5) is 0 Å². The predicted molar refractivity (Wildman–Crippen MR) is 82.6 cm³/mol. The number of benzene rings is 2. The van der Waals surface area contributed by atoms with E-state index in [0.29, 0.717) is 12.2 Å². The maximum Gasteiger partial charge on any atom is 0.159 e. The zero-order valence-corrected chi connectivity index (χ0v) is 11.9. The zero-order valence-electron chi connectivity index (χ0n) is 11.1. The summed E-state index contributed by atoms with van der Waals surface area (Å²) in [5.74, 6) is 0.852. The summed E-state index contributed by atoms with van der Waals surface area (Å²) in [7, 11) is 0. The number of thiophene rings is 1. The second kappa shape index (κ2) is 5.47. The smallest absolute Gasteiger partial charge is 0.159 e. The normalized spacial score (nSPS) is 10.7. The van der Waals surface area contributed by atoms with E-state index in [-0.39, 0.29) is 5.78 Å². The van der Waals surface area contributed by atoms with E-state index in [1.54, 1.807) is 30.4 Å². The van der Waals surface area contributed by atoms with E-state index in [1.165, 1.54) is 15.6 Å². The number of rotatable bonds is 4. The van der Waals surface area contributed by atoms with Crippen molar-refractivity contribution in [1.29, 1.82) is 0 Å². The first-order valence-corrected chi connectivity index (χ1v) is 7.31. The maximum atomic E-state index is 11.2. The van der Waals surface area contributed by atoms with Gasteiger partial charge < -0.3 is 4.74 Å². The molecule has 0 saturated carbocycles. The van der Waals surface area contributed by atoms with Crippen LogP contribution in [0.15, 0.2) is 53.9 Å². The zero-order chi connectivity index (χ0) is 13.9. The summed E-state index contributed by atoms with van der Waals surface area (Å²) in [6.45, 7) is 2.11. The molecule has 100 valence electrons. The molecule has 3 aromatic rings. The number of fused-ring (bicyclic) bond motifs is 1. The van der Waals surface area contributed by atoms with Gasteiger partial charge in [0.1, 0.15) is 12.4 Å². The molecule has 0 saturated heterocycles. The van der Waals surface area contributed by atoms with Gasteiger partial charge in [-0.1, -0.05) is 18.2 Å². The van der Waals surface area contributed by atoms with Gasteiger partial charge in [-0.25, -0.2) is 0 Å². The summed E-state index contributed by atoms with van der Waals surface area (Å²) in [5, 5.41) is 3.38. The molecule has 0 unspecified atom stereocenters. The Bertz CT molecular complexity index is 741. The fraction of sp³-hybridized carbons (Fsp3) is 0.118. The third-order valence-electron chi connectivity index (χ3n) is 3.22. The Morgan fingerprint density at radius 3 is 2.60 bits per heavy atom. The lowest BCUT2D eigenvalue weighted by Crippen LogP contribution is -1.96. The van der Waals surface area contributed by atoms with Crippen molar-refractivity contribution in [2.45, 2.75) is 13.5 Å². The minimum absolute atomic E-state index is 0.0698. The lowest BCUT2D eigenvalue weighted by Gasteiger charge is -2.06. The second-order valence-electron chi connectivity index (χ2n) is 4.63. The molecule has 1 aromatic heterocycles. The van der Waals surface area contributed by atoms with Crippen LogP contribution in [0.5, 0.6) is 5.75 Å². The molecule has 2 nitrogen and oxygen atoms in total. The van der Waals surface area contributed by atoms with Crippen LogP contribution in [0.3, 0.4) is 0 Å². The molecule has 0 fully saturated rings. The Morgan fingerprint density at radius 1 is 1.10 bits per heavy atom. The summed E-state index contributed by atoms with van der Waals surface area (Å²) in [6, 6.07) is 15.6. The molecule has 0 spiro atoms. The molecule has 0 aliphatic heterocycles. The molecule has 0 atom stereocenters. The van der Waals surface area contributed by atoms with Gasteiger partial charge in [0, 0.05) is 15.8 Å². The van der Waals surface area contributed by atoms with Crippen molar-refractivity contribution in [1.82, 2.24) is 0 Å². The van der Waals surface area contributed by atoms with Gasteiger partial charge in [0.15, 0.2) is 5.78 Å². The van der Waals surface area contributed by atoms with Gasteiger partial charge in [-0.3, -0.25) is 4.79 Å². The van der Waals surface area contributed by atoms with Gasteiger partial charge in [0.2, 0.25) is 0 Å². The predicted octanol–water partition coefficient (Wildman–Crippen LogP) is 4.68. The largest absolute Gasteiger partial charge is 0.489 e. The third kappa shape index (κ3) is 2.58. The van der Waals surface area contributed by atoms with Crippen molar-refractivity contribution in [3.8, 4) is 5.75 Å². The number of hydrogen-bond acceptors (Lipinski definition) is 3. The molecule has 0 aliphatic carbocycles. The van der Waals surface area contributed by atoms with Crippen LogP contribution in [-0.2, 0) is 6.61 Å². The number of carbonyl (C=O) groups is 1. The highest BCUT2D eigenvalue weighted by molar-refractivity contribution is 7.17. The van der Waals surface area contributed by atoms with Crippen LogP contribution in [0.25, 0.3) is 10.1 Å². The van der Waals surface area contributed by atoms with Crippen molar-refractivity contribution in [3.05, 3.63) is 65.0 Å². The number of Topliss-reactive ketones (excluding diaryl/α,β-unsaturated/α-hetero) is 1. The highest BCUT2D eigenvalue weighted by Gasteiger charge is 2.04. The first-order valence-electron chi connectivity index (χ1n) is 6.43. The Balaban J connectivity index is 1.74. The standard InChI is InChI=1S/C17H14O2S/c1-12(18)13-6-8-15(9-7-13)19-10-14-11-20-17-5-3-2-4-16(14)17/h2-9,11H,10H2,1H3. The minimum Gasteiger partial charge on any atom is -0.489 e. The van der Waals surface area contributed by atoms with Crippen molar-refractivity contribution in [3.63, 3.8) is 0 Å². The van der Waals surface area contributed by atoms with Gasteiger partial charge in [0.25, 0.3) is 0 Å².